The van der Waals surface area contributed by atoms with Gasteiger partial charge in [0.05, 0.1) is 6.04 Å². The summed E-state index contributed by atoms with van der Waals surface area (Å²) in [5, 5.41) is 4.07. The van der Waals surface area contributed by atoms with Crippen LogP contribution in [0.25, 0.3) is 0 Å². The largest absolute Gasteiger partial charge is 0.343 e. The summed E-state index contributed by atoms with van der Waals surface area (Å²) in [7, 11) is 0. The van der Waals surface area contributed by atoms with Gasteiger partial charge in [-0.1, -0.05) is 41.9 Å². The first-order valence-corrected chi connectivity index (χ1v) is 10.3. The first-order chi connectivity index (χ1) is 13.1. The van der Waals surface area contributed by atoms with Crippen molar-refractivity contribution >= 4 is 17.5 Å². The van der Waals surface area contributed by atoms with Crippen molar-refractivity contribution < 1.29 is 4.79 Å². The van der Waals surface area contributed by atoms with Crippen LogP contribution in [0.1, 0.15) is 59.6 Å². The van der Waals surface area contributed by atoms with Crippen molar-refractivity contribution in [2.45, 2.75) is 50.6 Å². The van der Waals surface area contributed by atoms with Crippen molar-refractivity contribution in [3.05, 3.63) is 70.2 Å². The van der Waals surface area contributed by atoms with E-state index in [0.717, 1.165) is 31.5 Å². The van der Waals surface area contributed by atoms with E-state index < -0.39 is 0 Å². The molecule has 1 atom stereocenters. The number of aryl methyl sites for hydroxylation is 1. The number of likely N-dealkylation sites (tertiary alicyclic amines) is 1. The van der Waals surface area contributed by atoms with Gasteiger partial charge < -0.3 is 5.32 Å². The van der Waals surface area contributed by atoms with E-state index in [2.05, 4.69) is 34.5 Å². The van der Waals surface area contributed by atoms with Gasteiger partial charge in [-0.3, -0.25) is 9.69 Å². The lowest BCUT2D eigenvalue weighted by Gasteiger charge is -2.54. The molecule has 2 aliphatic rings. The molecule has 0 spiro atoms. The molecule has 1 saturated heterocycles. The molecule has 0 bridgehead atoms. The fraction of sp³-hybridized carbons (Fsp3) is 0.435. The molecule has 2 aromatic rings. The second kappa shape index (κ2) is 7.65. The zero-order valence-electron chi connectivity index (χ0n) is 15.9. The third kappa shape index (κ3) is 3.51. The molecule has 0 radical (unpaired) electrons. The summed E-state index contributed by atoms with van der Waals surface area (Å²) < 4.78 is 0. The van der Waals surface area contributed by atoms with Gasteiger partial charge in [-0.25, -0.2) is 0 Å². The topological polar surface area (TPSA) is 32.3 Å². The van der Waals surface area contributed by atoms with E-state index >= 15 is 0 Å². The number of halogens is 1. The Labute approximate surface area is 166 Å². The zero-order valence-corrected chi connectivity index (χ0v) is 16.6. The van der Waals surface area contributed by atoms with E-state index in [0.29, 0.717) is 10.6 Å². The SMILES string of the molecule is Cc1cc(Cl)ccc1C(=O)NC(c1ccccc1)C1(N2CCCC2)CCC1. The highest BCUT2D eigenvalue weighted by Crippen LogP contribution is 2.48. The van der Waals surface area contributed by atoms with Crippen LogP contribution in [0.15, 0.2) is 48.5 Å². The van der Waals surface area contributed by atoms with Gasteiger partial charge in [0.2, 0.25) is 0 Å². The molecular weight excluding hydrogens is 356 g/mol. The monoisotopic (exact) mass is 382 g/mol. The molecule has 1 aliphatic carbocycles. The number of nitrogens with one attached hydrogen (secondary N) is 1. The Balaban J connectivity index is 1.67. The summed E-state index contributed by atoms with van der Waals surface area (Å²) in [6.45, 7) is 4.22. The Morgan fingerprint density at radius 1 is 1.07 bits per heavy atom. The zero-order chi connectivity index (χ0) is 18.9. The highest BCUT2D eigenvalue weighted by molar-refractivity contribution is 6.30. The van der Waals surface area contributed by atoms with E-state index in [4.69, 9.17) is 11.6 Å². The summed E-state index contributed by atoms with van der Waals surface area (Å²) in [5.41, 5.74) is 2.87. The molecule has 1 heterocycles. The molecular formula is C23H27ClN2O. The Morgan fingerprint density at radius 2 is 1.78 bits per heavy atom. The van der Waals surface area contributed by atoms with Crippen LogP contribution in [0.4, 0.5) is 0 Å². The third-order valence-electron chi connectivity index (χ3n) is 6.33. The number of hydrogen-bond acceptors (Lipinski definition) is 2. The van der Waals surface area contributed by atoms with E-state index in [1.54, 1.807) is 6.07 Å². The summed E-state index contributed by atoms with van der Waals surface area (Å²) >= 11 is 6.08. The van der Waals surface area contributed by atoms with Crippen molar-refractivity contribution in [1.82, 2.24) is 10.2 Å². The van der Waals surface area contributed by atoms with Crippen LogP contribution in [0.2, 0.25) is 5.02 Å². The second-order valence-electron chi connectivity index (χ2n) is 7.93. The van der Waals surface area contributed by atoms with Crippen molar-refractivity contribution in [3.8, 4) is 0 Å². The van der Waals surface area contributed by atoms with Gasteiger partial charge in [0.25, 0.3) is 5.91 Å². The number of hydrogen-bond donors (Lipinski definition) is 1. The molecule has 1 aliphatic heterocycles. The minimum atomic E-state index is -0.0107. The number of amides is 1. The summed E-state index contributed by atoms with van der Waals surface area (Å²) in [6, 6.07) is 16.0. The summed E-state index contributed by atoms with van der Waals surface area (Å²) in [6.07, 6.45) is 6.04. The van der Waals surface area contributed by atoms with Crippen LogP contribution in [0.3, 0.4) is 0 Å². The van der Waals surface area contributed by atoms with E-state index in [9.17, 15) is 4.79 Å². The smallest absolute Gasteiger partial charge is 0.252 e. The van der Waals surface area contributed by atoms with Gasteiger partial charge in [0.15, 0.2) is 0 Å². The molecule has 3 nitrogen and oxygen atoms in total. The molecule has 2 aromatic carbocycles. The van der Waals surface area contributed by atoms with Gasteiger partial charge in [-0.15, -0.1) is 0 Å². The van der Waals surface area contributed by atoms with Gasteiger partial charge in [0, 0.05) is 16.1 Å². The molecule has 142 valence electrons. The molecule has 0 aromatic heterocycles. The lowest BCUT2D eigenvalue weighted by atomic mass is 9.68. The van der Waals surface area contributed by atoms with Crippen molar-refractivity contribution in [2.75, 3.05) is 13.1 Å². The Bertz CT molecular complexity index is 810. The standard InChI is InChI=1S/C23H27ClN2O/c1-17-16-19(24)10-11-20(17)22(27)25-21(18-8-3-2-4-9-18)23(12-7-13-23)26-14-5-6-15-26/h2-4,8-11,16,21H,5-7,12-15H2,1H3,(H,25,27). The van der Waals surface area contributed by atoms with Gasteiger partial charge in [-0.05, 0) is 81.4 Å². The average molecular weight is 383 g/mol. The van der Waals surface area contributed by atoms with Crippen LogP contribution in [-0.4, -0.2) is 29.4 Å². The highest BCUT2D eigenvalue weighted by atomic mass is 35.5. The predicted molar refractivity (Wildman–Crippen MR) is 110 cm³/mol. The Morgan fingerprint density at radius 3 is 2.37 bits per heavy atom. The third-order valence-corrected chi connectivity index (χ3v) is 6.57. The number of nitrogens with zero attached hydrogens (tertiary/aromatic N) is 1. The summed E-state index contributed by atoms with van der Waals surface area (Å²) in [5.74, 6) is -0.0107. The van der Waals surface area contributed by atoms with Crippen LogP contribution >= 0.6 is 11.6 Å². The quantitative estimate of drug-likeness (QED) is 0.776. The average Bonchev–Trinajstić information content (AvgIpc) is 3.15. The molecule has 4 heteroatoms. The van der Waals surface area contributed by atoms with Crippen molar-refractivity contribution in [3.63, 3.8) is 0 Å². The van der Waals surface area contributed by atoms with E-state index in [1.165, 1.54) is 24.8 Å². The summed E-state index contributed by atoms with van der Waals surface area (Å²) in [4.78, 5) is 15.8. The fourth-order valence-corrected chi connectivity index (χ4v) is 4.98. The van der Waals surface area contributed by atoms with Gasteiger partial charge in [-0.2, -0.15) is 0 Å². The Kier molecular flexibility index (Phi) is 5.25. The van der Waals surface area contributed by atoms with Crippen molar-refractivity contribution in [1.29, 1.82) is 0 Å². The minimum Gasteiger partial charge on any atom is -0.343 e. The molecule has 1 amide bonds. The van der Waals surface area contributed by atoms with E-state index in [-0.39, 0.29) is 17.5 Å². The van der Waals surface area contributed by atoms with Crippen LogP contribution < -0.4 is 5.32 Å². The molecule has 1 N–H and O–H groups in total. The van der Waals surface area contributed by atoms with Crippen LogP contribution in [0.5, 0.6) is 0 Å². The van der Waals surface area contributed by atoms with E-state index in [1.807, 2.05) is 25.1 Å². The highest BCUT2D eigenvalue weighted by Gasteiger charge is 2.50. The van der Waals surface area contributed by atoms with Crippen LogP contribution in [0, 0.1) is 6.92 Å². The second-order valence-corrected chi connectivity index (χ2v) is 8.36. The molecule has 4 rings (SSSR count). The maximum Gasteiger partial charge on any atom is 0.252 e. The van der Waals surface area contributed by atoms with Crippen LogP contribution in [-0.2, 0) is 0 Å². The first kappa shape index (κ1) is 18.5. The molecule has 1 unspecified atom stereocenters. The lowest BCUT2D eigenvalue weighted by molar-refractivity contribution is -0.000436. The number of benzene rings is 2. The predicted octanol–water partition coefficient (Wildman–Crippen LogP) is 5.14. The molecule has 1 saturated carbocycles. The molecule has 2 fully saturated rings. The Hall–Kier alpha value is -1.84. The first-order valence-electron chi connectivity index (χ1n) is 9.97. The normalized spacial score (nSPS) is 20.1. The lowest BCUT2D eigenvalue weighted by Crippen LogP contribution is -2.60. The minimum absolute atomic E-state index is 0.00753. The van der Waals surface area contributed by atoms with Crippen molar-refractivity contribution in [2.24, 2.45) is 0 Å². The fourth-order valence-electron chi connectivity index (χ4n) is 4.75. The van der Waals surface area contributed by atoms with Gasteiger partial charge >= 0.3 is 0 Å². The van der Waals surface area contributed by atoms with Gasteiger partial charge in [0.1, 0.15) is 0 Å². The maximum atomic E-state index is 13.2. The maximum absolute atomic E-state index is 13.2. The number of carbonyl (C=O) groups is 1. The number of rotatable bonds is 5. The number of carbonyl (C=O) groups excluding carboxylic acids is 1. The molecule has 27 heavy (non-hydrogen) atoms.